The van der Waals surface area contributed by atoms with E-state index < -0.39 is 5.67 Å². The molecule has 0 heterocycles. The second-order valence-electron chi connectivity index (χ2n) is 2.31. The molecule has 1 unspecified atom stereocenters. The minimum Gasteiger partial charge on any atom is -0.225 e. The van der Waals surface area contributed by atoms with Crippen molar-refractivity contribution in [1.29, 1.82) is 0 Å². The average molecular weight is 170 g/mol. The Morgan fingerprint density at radius 3 is 2.00 bits per heavy atom. The van der Waals surface area contributed by atoms with Crippen molar-refractivity contribution in [2.75, 3.05) is 0 Å². The highest BCUT2D eigenvalue weighted by Crippen LogP contribution is 2.22. The van der Waals surface area contributed by atoms with Gasteiger partial charge < -0.3 is 0 Å². The van der Waals surface area contributed by atoms with Crippen LogP contribution in [0.25, 0.3) is 0 Å². The Kier molecular flexibility index (Phi) is 7.94. The molecule has 12 heavy (non-hydrogen) atoms. The molecule has 0 saturated heterocycles. The molecule has 0 bridgehead atoms. The summed E-state index contributed by atoms with van der Waals surface area (Å²) in [6, 6.07) is 0. The number of alkyl halides is 1. The first-order valence-electron chi connectivity index (χ1n) is 4.35. The molecular formula is C11H19F. The number of halogens is 1. The van der Waals surface area contributed by atoms with E-state index in [1.54, 1.807) is 20.8 Å². The lowest BCUT2D eigenvalue weighted by atomic mass is 9.96. The second-order valence-corrected chi connectivity index (χ2v) is 2.31. The zero-order valence-electron chi connectivity index (χ0n) is 8.79. The maximum atomic E-state index is 13.4. The van der Waals surface area contributed by atoms with Crippen LogP contribution >= 0.6 is 0 Å². The molecule has 70 valence electrons. The van der Waals surface area contributed by atoms with Crippen LogP contribution in [0.3, 0.4) is 0 Å². The molecule has 0 radical (unpaired) electrons. The van der Waals surface area contributed by atoms with Crippen molar-refractivity contribution in [3.8, 4) is 11.8 Å². The molecule has 1 atom stereocenters. The van der Waals surface area contributed by atoms with Crippen LogP contribution < -0.4 is 0 Å². The summed E-state index contributed by atoms with van der Waals surface area (Å²) in [4.78, 5) is 0. The first kappa shape index (κ1) is 13.8. The van der Waals surface area contributed by atoms with E-state index in [2.05, 4.69) is 18.4 Å². The Balaban J connectivity index is 0. The van der Waals surface area contributed by atoms with Gasteiger partial charge in [-0.25, -0.2) is 4.39 Å². The summed E-state index contributed by atoms with van der Waals surface area (Å²) >= 11 is 0. The SMILES string of the molecule is C=C(C)C(F)(C#CC)CC.CC. The van der Waals surface area contributed by atoms with Gasteiger partial charge in [0.25, 0.3) is 0 Å². The summed E-state index contributed by atoms with van der Waals surface area (Å²) in [6.07, 6.45) is 0.378. The van der Waals surface area contributed by atoms with Gasteiger partial charge in [0.2, 0.25) is 0 Å². The topological polar surface area (TPSA) is 0 Å². The van der Waals surface area contributed by atoms with Crippen molar-refractivity contribution in [3.63, 3.8) is 0 Å². The van der Waals surface area contributed by atoms with Gasteiger partial charge in [-0.05, 0) is 25.8 Å². The highest BCUT2D eigenvalue weighted by molar-refractivity contribution is 5.26. The maximum Gasteiger partial charge on any atom is 0.191 e. The Labute approximate surface area is 75.9 Å². The average Bonchev–Trinajstić information content (AvgIpc) is 2.08. The monoisotopic (exact) mass is 170 g/mol. The molecule has 0 nitrogen and oxygen atoms in total. The number of allylic oxidation sites excluding steroid dienone is 1. The summed E-state index contributed by atoms with van der Waals surface area (Å²) in [6.45, 7) is 12.6. The van der Waals surface area contributed by atoms with E-state index in [9.17, 15) is 4.39 Å². The molecule has 0 aromatic heterocycles. The summed E-state index contributed by atoms with van der Waals surface area (Å²) in [5.41, 5.74) is -0.973. The van der Waals surface area contributed by atoms with Crippen molar-refractivity contribution in [3.05, 3.63) is 12.2 Å². The molecule has 0 aliphatic heterocycles. The molecule has 0 aliphatic carbocycles. The lowest BCUT2D eigenvalue weighted by Crippen LogP contribution is -2.19. The van der Waals surface area contributed by atoms with Crippen LogP contribution in [0, 0.1) is 11.8 Å². The molecular weight excluding hydrogens is 151 g/mol. The predicted octanol–water partition coefficient (Wildman–Crippen LogP) is 3.73. The van der Waals surface area contributed by atoms with Crippen LogP contribution in [0.4, 0.5) is 4.39 Å². The summed E-state index contributed by atoms with van der Waals surface area (Å²) < 4.78 is 13.4. The van der Waals surface area contributed by atoms with E-state index in [1.807, 2.05) is 13.8 Å². The molecule has 0 spiro atoms. The van der Waals surface area contributed by atoms with Gasteiger partial charge in [-0.15, -0.1) is 5.92 Å². The largest absolute Gasteiger partial charge is 0.225 e. The number of hydrogen-bond donors (Lipinski definition) is 0. The van der Waals surface area contributed by atoms with Crippen molar-refractivity contribution < 1.29 is 4.39 Å². The van der Waals surface area contributed by atoms with Gasteiger partial charge in [0, 0.05) is 0 Å². The van der Waals surface area contributed by atoms with Crippen LogP contribution in [0.2, 0.25) is 0 Å². The zero-order valence-corrected chi connectivity index (χ0v) is 8.79. The van der Waals surface area contributed by atoms with Crippen molar-refractivity contribution >= 4 is 0 Å². The van der Waals surface area contributed by atoms with E-state index in [0.717, 1.165) is 0 Å². The minimum atomic E-state index is -1.46. The molecule has 0 N–H and O–H groups in total. The first-order valence-corrected chi connectivity index (χ1v) is 4.35. The predicted molar refractivity (Wildman–Crippen MR) is 53.7 cm³/mol. The lowest BCUT2D eigenvalue weighted by molar-refractivity contribution is 0.285. The lowest BCUT2D eigenvalue weighted by Gasteiger charge is -2.16. The Hall–Kier alpha value is -0.770. The Bertz CT molecular complexity index is 183. The maximum absolute atomic E-state index is 13.4. The smallest absolute Gasteiger partial charge is 0.191 e. The van der Waals surface area contributed by atoms with Crippen molar-refractivity contribution in [1.82, 2.24) is 0 Å². The van der Waals surface area contributed by atoms with Gasteiger partial charge in [0.15, 0.2) is 5.67 Å². The quantitative estimate of drug-likeness (QED) is 0.437. The third-order valence-corrected chi connectivity index (χ3v) is 1.49. The summed E-state index contributed by atoms with van der Waals surface area (Å²) in [5, 5.41) is 0. The van der Waals surface area contributed by atoms with Gasteiger partial charge in [-0.3, -0.25) is 0 Å². The van der Waals surface area contributed by atoms with Crippen LogP contribution in [0.15, 0.2) is 12.2 Å². The molecule has 0 rings (SSSR count). The molecule has 0 saturated carbocycles. The van der Waals surface area contributed by atoms with Gasteiger partial charge in [-0.1, -0.05) is 33.3 Å². The highest BCUT2D eigenvalue weighted by atomic mass is 19.1. The van der Waals surface area contributed by atoms with Crippen molar-refractivity contribution in [2.45, 2.75) is 46.7 Å². The third kappa shape index (κ3) is 4.18. The number of hydrogen-bond acceptors (Lipinski definition) is 0. The fraction of sp³-hybridized carbons (Fsp3) is 0.636. The minimum absolute atomic E-state index is 0.378. The van der Waals surface area contributed by atoms with Crippen LogP contribution in [0.1, 0.15) is 41.0 Å². The Morgan fingerprint density at radius 2 is 1.92 bits per heavy atom. The molecule has 0 aromatic rings. The van der Waals surface area contributed by atoms with Crippen LogP contribution in [-0.2, 0) is 0 Å². The fourth-order valence-electron chi connectivity index (χ4n) is 0.695. The highest BCUT2D eigenvalue weighted by Gasteiger charge is 2.24. The first-order chi connectivity index (χ1) is 5.56. The number of rotatable bonds is 2. The van der Waals surface area contributed by atoms with E-state index >= 15 is 0 Å². The summed E-state index contributed by atoms with van der Waals surface area (Å²) in [5.74, 6) is 5.05. The Morgan fingerprint density at radius 1 is 1.50 bits per heavy atom. The van der Waals surface area contributed by atoms with E-state index in [1.165, 1.54) is 0 Å². The van der Waals surface area contributed by atoms with Crippen molar-refractivity contribution in [2.24, 2.45) is 0 Å². The van der Waals surface area contributed by atoms with Gasteiger partial charge >= 0.3 is 0 Å². The zero-order chi connectivity index (χ0) is 10.2. The molecule has 0 amide bonds. The molecule has 0 fully saturated rings. The summed E-state index contributed by atoms with van der Waals surface area (Å²) in [7, 11) is 0. The second kappa shape index (κ2) is 6.91. The van der Waals surface area contributed by atoms with E-state index in [4.69, 9.17) is 0 Å². The fourth-order valence-corrected chi connectivity index (χ4v) is 0.695. The third-order valence-electron chi connectivity index (χ3n) is 1.49. The standard InChI is InChI=1S/C9H13F.C2H6/c1-5-7-9(10,6-2)8(3)4;1-2/h3,6H2,1-2,4H3;1-2H3. The van der Waals surface area contributed by atoms with Gasteiger partial charge in [0.1, 0.15) is 0 Å². The van der Waals surface area contributed by atoms with E-state index in [0.29, 0.717) is 12.0 Å². The molecule has 0 aromatic carbocycles. The molecule has 0 aliphatic rings. The van der Waals surface area contributed by atoms with Crippen LogP contribution in [-0.4, -0.2) is 5.67 Å². The molecule has 1 heteroatoms. The van der Waals surface area contributed by atoms with Gasteiger partial charge in [-0.2, -0.15) is 0 Å². The normalized spacial score (nSPS) is 12.8. The van der Waals surface area contributed by atoms with Crippen LogP contribution in [0.5, 0.6) is 0 Å². The van der Waals surface area contributed by atoms with Gasteiger partial charge in [0.05, 0.1) is 0 Å². The van der Waals surface area contributed by atoms with E-state index in [-0.39, 0.29) is 0 Å².